The zero-order chi connectivity index (χ0) is 19.1. The number of rotatable bonds is 7. The van der Waals surface area contributed by atoms with Gasteiger partial charge in [-0.15, -0.1) is 11.8 Å². The topological polar surface area (TPSA) is 64.6 Å². The lowest BCUT2D eigenvalue weighted by molar-refractivity contribution is -0.125. The lowest BCUT2D eigenvalue weighted by atomic mass is 9.86. The third-order valence-corrected chi connectivity index (χ3v) is 6.55. The van der Waals surface area contributed by atoms with Crippen molar-refractivity contribution in [3.05, 3.63) is 29.8 Å². The van der Waals surface area contributed by atoms with Gasteiger partial charge < -0.3 is 14.8 Å². The van der Waals surface area contributed by atoms with Crippen LogP contribution in [0.25, 0.3) is 0 Å². The molecule has 1 N–H and O–H groups in total. The number of esters is 1. The Kier molecular flexibility index (Phi) is 7.59. The number of amides is 1. The molecule has 1 aliphatic carbocycles. The number of hydrogen-bond acceptors (Lipinski definition) is 5. The number of benzene rings is 1. The summed E-state index contributed by atoms with van der Waals surface area (Å²) in [6, 6.07) is 7.59. The first kappa shape index (κ1) is 20.2. The highest BCUT2D eigenvalue weighted by Gasteiger charge is 2.24. The number of thioether (sulfide) groups is 1. The number of ether oxygens (including phenoxy) is 2. The van der Waals surface area contributed by atoms with Gasteiger partial charge in [0.2, 0.25) is 0 Å². The molecule has 6 heteroatoms. The first-order chi connectivity index (χ1) is 13.1. The fourth-order valence-electron chi connectivity index (χ4n) is 3.71. The third-order valence-electron chi connectivity index (χ3n) is 5.35. The zero-order valence-electron chi connectivity index (χ0n) is 15.9. The summed E-state index contributed by atoms with van der Waals surface area (Å²) in [5.74, 6) is 0.641. The zero-order valence-corrected chi connectivity index (χ0v) is 16.8. The summed E-state index contributed by atoms with van der Waals surface area (Å²) in [7, 11) is 0. The summed E-state index contributed by atoms with van der Waals surface area (Å²) in [5, 5.41) is 3.01. The second kappa shape index (κ2) is 10.1. The van der Waals surface area contributed by atoms with Crippen molar-refractivity contribution in [1.29, 1.82) is 0 Å². The van der Waals surface area contributed by atoms with Crippen molar-refractivity contribution in [2.24, 2.45) is 5.92 Å². The molecule has 0 spiro atoms. The molecule has 1 aliphatic heterocycles. The van der Waals surface area contributed by atoms with Gasteiger partial charge in [0.15, 0.2) is 6.61 Å². The van der Waals surface area contributed by atoms with Gasteiger partial charge in [-0.05, 0) is 43.7 Å². The van der Waals surface area contributed by atoms with E-state index < -0.39 is 5.97 Å². The highest BCUT2D eigenvalue weighted by molar-refractivity contribution is 7.99. The van der Waals surface area contributed by atoms with E-state index in [-0.39, 0.29) is 24.7 Å². The molecule has 1 heterocycles. The number of carbonyl (C=O) groups excluding carboxylic acids is 2. The van der Waals surface area contributed by atoms with Crippen LogP contribution in [-0.2, 0) is 14.3 Å². The lowest BCUT2D eigenvalue weighted by Gasteiger charge is -2.29. The van der Waals surface area contributed by atoms with Gasteiger partial charge >= 0.3 is 5.97 Å². The smallest absolute Gasteiger partial charge is 0.339 e. The second-order valence-electron chi connectivity index (χ2n) is 7.45. The molecule has 1 saturated heterocycles. The van der Waals surface area contributed by atoms with Crippen LogP contribution in [0.2, 0.25) is 0 Å². The molecular formula is C21H29NO4S. The van der Waals surface area contributed by atoms with E-state index >= 15 is 0 Å². The standard InChI is InChI=1S/C21H29NO4S/c1-15-7-2-4-10-18(15)22-20(23)13-26-21(24)17-9-3-5-11-19(17)27-14-16-8-6-12-25-16/h3,5,9,11,15-16,18H,2,4,6-8,10,12-14H2,1H3,(H,22,23)/t15-,16+,18+/m1/s1. The molecule has 2 fully saturated rings. The second-order valence-corrected chi connectivity index (χ2v) is 8.52. The number of carbonyl (C=O) groups is 2. The number of nitrogens with one attached hydrogen (secondary N) is 1. The highest BCUT2D eigenvalue weighted by Crippen LogP contribution is 2.27. The maximum atomic E-state index is 12.5. The van der Waals surface area contributed by atoms with Crippen molar-refractivity contribution >= 4 is 23.6 Å². The fraction of sp³-hybridized carbons (Fsp3) is 0.619. The molecule has 148 valence electrons. The first-order valence-corrected chi connectivity index (χ1v) is 10.9. The van der Waals surface area contributed by atoms with E-state index in [2.05, 4.69) is 12.2 Å². The van der Waals surface area contributed by atoms with Crippen molar-refractivity contribution in [2.45, 2.75) is 62.5 Å². The maximum absolute atomic E-state index is 12.5. The molecule has 0 bridgehead atoms. The average Bonchev–Trinajstić information content (AvgIpc) is 3.20. The quantitative estimate of drug-likeness (QED) is 0.566. The van der Waals surface area contributed by atoms with Crippen molar-refractivity contribution in [3.63, 3.8) is 0 Å². The van der Waals surface area contributed by atoms with Crippen molar-refractivity contribution < 1.29 is 19.1 Å². The Balaban J connectivity index is 1.49. The van der Waals surface area contributed by atoms with E-state index in [0.29, 0.717) is 11.5 Å². The molecule has 1 amide bonds. The normalized spacial score (nSPS) is 25.1. The monoisotopic (exact) mass is 391 g/mol. The van der Waals surface area contributed by atoms with Gasteiger partial charge in [-0.3, -0.25) is 4.79 Å². The van der Waals surface area contributed by atoms with Crippen LogP contribution in [0.4, 0.5) is 0 Å². The Morgan fingerprint density at radius 3 is 2.78 bits per heavy atom. The molecule has 0 aromatic heterocycles. The molecule has 0 radical (unpaired) electrons. The Morgan fingerprint density at radius 2 is 2.00 bits per heavy atom. The van der Waals surface area contributed by atoms with Crippen molar-refractivity contribution in [1.82, 2.24) is 5.32 Å². The lowest BCUT2D eigenvalue weighted by Crippen LogP contribution is -2.42. The van der Waals surface area contributed by atoms with Gasteiger partial charge in [0, 0.05) is 23.3 Å². The molecule has 1 aromatic rings. The SMILES string of the molecule is C[C@@H]1CCCC[C@@H]1NC(=O)COC(=O)c1ccccc1SC[C@@H]1CCCO1. The number of hydrogen-bond donors (Lipinski definition) is 1. The minimum Gasteiger partial charge on any atom is -0.452 e. The van der Waals surface area contributed by atoms with Crippen LogP contribution in [0, 0.1) is 5.92 Å². The van der Waals surface area contributed by atoms with Crippen LogP contribution in [0.3, 0.4) is 0 Å². The Labute approximate surface area is 165 Å². The summed E-state index contributed by atoms with van der Waals surface area (Å²) >= 11 is 1.61. The first-order valence-electron chi connectivity index (χ1n) is 9.93. The Hall–Kier alpha value is -1.53. The van der Waals surface area contributed by atoms with Crippen molar-refractivity contribution in [2.75, 3.05) is 19.0 Å². The Bertz CT molecular complexity index is 645. The van der Waals surface area contributed by atoms with Crippen LogP contribution < -0.4 is 5.32 Å². The Morgan fingerprint density at radius 1 is 1.19 bits per heavy atom. The minimum atomic E-state index is -0.447. The fourth-order valence-corrected chi connectivity index (χ4v) is 4.82. The minimum absolute atomic E-state index is 0.194. The molecule has 1 aromatic carbocycles. The molecule has 0 unspecified atom stereocenters. The summed E-state index contributed by atoms with van der Waals surface area (Å²) < 4.78 is 10.9. The van der Waals surface area contributed by atoms with Crippen LogP contribution in [-0.4, -0.2) is 43.0 Å². The van der Waals surface area contributed by atoms with E-state index in [1.165, 1.54) is 6.42 Å². The largest absolute Gasteiger partial charge is 0.452 e. The highest BCUT2D eigenvalue weighted by atomic mass is 32.2. The predicted molar refractivity (Wildman–Crippen MR) is 106 cm³/mol. The van der Waals surface area contributed by atoms with Crippen LogP contribution in [0.15, 0.2) is 29.2 Å². The molecule has 5 nitrogen and oxygen atoms in total. The van der Waals surface area contributed by atoms with E-state index in [1.807, 2.05) is 18.2 Å². The molecule has 2 aliphatic rings. The van der Waals surface area contributed by atoms with Crippen molar-refractivity contribution in [3.8, 4) is 0 Å². The molecule has 27 heavy (non-hydrogen) atoms. The average molecular weight is 392 g/mol. The summed E-state index contributed by atoms with van der Waals surface area (Å²) in [4.78, 5) is 25.5. The van der Waals surface area contributed by atoms with Crippen LogP contribution in [0.5, 0.6) is 0 Å². The van der Waals surface area contributed by atoms with Gasteiger partial charge in [0.1, 0.15) is 0 Å². The molecule has 3 atom stereocenters. The predicted octanol–water partition coefficient (Wildman–Crippen LogP) is 3.81. The summed E-state index contributed by atoms with van der Waals surface area (Å²) in [6.07, 6.45) is 6.93. The van der Waals surface area contributed by atoms with Gasteiger partial charge in [-0.1, -0.05) is 31.9 Å². The molecule has 3 rings (SSSR count). The maximum Gasteiger partial charge on any atom is 0.339 e. The van der Waals surface area contributed by atoms with Gasteiger partial charge in [-0.2, -0.15) is 0 Å². The van der Waals surface area contributed by atoms with E-state index in [1.54, 1.807) is 17.8 Å². The third kappa shape index (κ3) is 5.98. The summed E-state index contributed by atoms with van der Waals surface area (Å²) in [6.45, 7) is 2.76. The van der Waals surface area contributed by atoms with E-state index in [0.717, 1.165) is 49.4 Å². The van der Waals surface area contributed by atoms with E-state index in [4.69, 9.17) is 9.47 Å². The summed E-state index contributed by atoms with van der Waals surface area (Å²) in [5.41, 5.74) is 0.513. The molecule has 1 saturated carbocycles. The van der Waals surface area contributed by atoms with Crippen LogP contribution in [0.1, 0.15) is 55.8 Å². The molecular weight excluding hydrogens is 362 g/mol. The van der Waals surface area contributed by atoms with Gasteiger partial charge in [0.05, 0.1) is 11.7 Å². The van der Waals surface area contributed by atoms with E-state index in [9.17, 15) is 9.59 Å². The van der Waals surface area contributed by atoms with Gasteiger partial charge in [-0.25, -0.2) is 4.79 Å². The van der Waals surface area contributed by atoms with Gasteiger partial charge in [0.25, 0.3) is 5.91 Å². The van der Waals surface area contributed by atoms with Crippen LogP contribution >= 0.6 is 11.8 Å².